The van der Waals surface area contributed by atoms with Crippen LogP contribution in [0.2, 0.25) is 5.02 Å². The Balaban J connectivity index is 1.42. The summed E-state index contributed by atoms with van der Waals surface area (Å²) in [6.07, 6.45) is 14.4. The van der Waals surface area contributed by atoms with E-state index in [1.54, 1.807) is 13.2 Å². The van der Waals surface area contributed by atoms with Gasteiger partial charge in [-0.25, -0.2) is 4.39 Å². The van der Waals surface area contributed by atoms with Crippen LogP contribution in [-0.2, 0) is 4.74 Å². The number of ether oxygens (including phenoxy) is 2. The van der Waals surface area contributed by atoms with Crippen LogP contribution in [0, 0.1) is 23.6 Å². The minimum Gasteiger partial charge on any atom is -0.431 e. The third-order valence-electron chi connectivity index (χ3n) is 7.48. The lowest BCUT2D eigenvalue weighted by Gasteiger charge is -2.32. The highest BCUT2D eigenvalue weighted by Gasteiger charge is 2.29. The Kier molecular flexibility index (Phi) is 9.83. The predicted molar refractivity (Wildman–Crippen MR) is 119 cm³/mol. The molecule has 0 unspecified atom stereocenters. The standard InChI is InChI=1S/C25H36ClF3O2/c1-30-16-2-3-17-4-6-18(7-5-17)8-9-19-10-12-20(13-11-19)21-14-15-22(26)23(27)24(21)31-25(28)29/h14-15,17-20,25H,2-13,16H2,1H3. The second-order valence-corrected chi connectivity index (χ2v) is 9.88. The maximum atomic E-state index is 14.3. The van der Waals surface area contributed by atoms with Crippen LogP contribution in [0.25, 0.3) is 0 Å². The van der Waals surface area contributed by atoms with E-state index in [0.29, 0.717) is 11.5 Å². The zero-order valence-electron chi connectivity index (χ0n) is 18.6. The minimum absolute atomic E-state index is 0.0549. The lowest BCUT2D eigenvalue weighted by molar-refractivity contribution is -0.0531. The van der Waals surface area contributed by atoms with Crippen LogP contribution in [0.5, 0.6) is 5.75 Å². The van der Waals surface area contributed by atoms with Gasteiger partial charge in [0, 0.05) is 19.3 Å². The summed E-state index contributed by atoms with van der Waals surface area (Å²) in [5.74, 6) is 1.23. The van der Waals surface area contributed by atoms with Crippen molar-refractivity contribution in [3.05, 3.63) is 28.5 Å². The highest BCUT2D eigenvalue weighted by atomic mass is 35.5. The molecule has 1 aromatic carbocycles. The van der Waals surface area contributed by atoms with Crippen molar-refractivity contribution in [1.82, 2.24) is 0 Å². The molecule has 2 aliphatic rings. The highest BCUT2D eigenvalue weighted by Crippen LogP contribution is 2.44. The quantitative estimate of drug-likeness (QED) is 0.326. The summed E-state index contributed by atoms with van der Waals surface area (Å²) in [5.41, 5.74) is 0.535. The van der Waals surface area contributed by atoms with Crippen molar-refractivity contribution in [2.45, 2.75) is 89.6 Å². The molecule has 0 atom stereocenters. The van der Waals surface area contributed by atoms with Gasteiger partial charge in [0.15, 0.2) is 11.6 Å². The van der Waals surface area contributed by atoms with Gasteiger partial charge < -0.3 is 9.47 Å². The fraction of sp³-hybridized carbons (Fsp3) is 0.760. The van der Waals surface area contributed by atoms with Crippen molar-refractivity contribution in [2.75, 3.05) is 13.7 Å². The van der Waals surface area contributed by atoms with Crippen LogP contribution in [-0.4, -0.2) is 20.3 Å². The van der Waals surface area contributed by atoms with E-state index in [9.17, 15) is 13.2 Å². The SMILES string of the molecule is COCCCC1CCC(CCC2CCC(c3ccc(Cl)c(F)c3OC(F)F)CC2)CC1. The summed E-state index contributed by atoms with van der Waals surface area (Å²) >= 11 is 5.78. The van der Waals surface area contributed by atoms with Gasteiger partial charge in [-0.1, -0.05) is 56.2 Å². The average Bonchev–Trinajstić information content (AvgIpc) is 2.77. The Bertz CT molecular complexity index is 669. The lowest BCUT2D eigenvalue weighted by atomic mass is 9.74. The van der Waals surface area contributed by atoms with Gasteiger partial charge in [0.05, 0.1) is 5.02 Å². The molecule has 2 aliphatic carbocycles. The average molecular weight is 461 g/mol. The van der Waals surface area contributed by atoms with E-state index in [2.05, 4.69) is 4.74 Å². The number of hydrogen-bond acceptors (Lipinski definition) is 2. The summed E-state index contributed by atoms with van der Waals surface area (Å²) in [7, 11) is 1.77. The number of halogens is 4. The van der Waals surface area contributed by atoms with E-state index in [1.807, 2.05) is 0 Å². The zero-order chi connectivity index (χ0) is 22.2. The summed E-state index contributed by atoms with van der Waals surface area (Å²) in [6.45, 7) is -2.18. The summed E-state index contributed by atoms with van der Waals surface area (Å²) in [5, 5.41) is -0.179. The fourth-order valence-electron chi connectivity index (χ4n) is 5.64. The van der Waals surface area contributed by atoms with E-state index in [1.165, 1.54) is 57.4 Å². The number of methoxy groups -OCH3 is 1. The first-order chi connectivity index (χ1) is 15.0. The number of rotatable bonds is 10. The topological polar surface area (TPSA) is 18.5 Å². The molecule has 0 saturated heterocycles. The van der Waals surface area contributed by atoms with E-state index in [-0.39, 0.29) is 16.7 Å². The maximum absolute atomic E-state index is 14.3. The van der Waals surface area contributed by atoms with Gasteiger partial charge in [0.25, 0.3) is 0 Å². The Morgan fingerprint density at radius 1 is 0.903 bits per heavy atom. The van der Waals surface area contributed by atoms with E-state index in [0.717, 1.165) is 44.1 Å². The van der Waals surface area contributed by atoms with Gasteiger partial charge >= 0.3 is 6.61 Å². The van der Waals surface area contributed by atoms with E-state index >= 15 is 0 Å². The second kappa shape index (κ2) is 12.3. The Hall–Kier alpha value is -0.940. The first kappa shape index (κ1) is 24.7. The third kappa shape index (κ3) is 7.28. The van der Waals surface area contributed by atoms with Crippen molar-refractivity contribution < 1.29 is 22.6 Å². The molecule has 0 aliphatic heterocycles. The van der Waals surface area contributed by atoms with Crippen LogP contribution in [0.1, 0.15) is 88.5 Å². The normalized spacial score (nSPS) is 26.9. The molecule has 0 amide bonds. The van der Waals surface area contributed by atoms with Crippen molar-refractivity contribution >= 4 is 11.6 Å². The smallest absolute Gasteiger partial charge is 0.387 e. The molecule has 6 heteroatoms. The van der Waals surface area contributed by atoms with Gasteiger partial charge in [0.1, 0.15) is 0 Å². The number of hydrogen-bond donors (Lipinski definition) is 0. The molecule has 0 radical (unpaired) electrons. The molecule has 0 N–H and O–H groups in total. The van der Waals surface area contributed by atoms with Gasteiger partial charge in [-0.2, -0.15) is 8.78 Å². The molecule has 1 aromatic rings. The van der Waals surface area contributed by atoms with E-state index in [4.69, 9.17) is 16.3 Å². The molecule has 0 bridgehead atoms. The Morgan fingerprint density at radius 2 is 1.45 bits per heavy atom. The minimum atomic E-state index is -3.06. The largest absolute Gasteiger partial charge is 0.431 e. The first-order valence-electron chi connectivity index (χ1n) is 11.9. The molecule has 2 saturated carbocycles. The summed E-state index contributed by atoms with van der Waals surface area (Å²) in [4.78, 5) is 0. The second-order valence-electron chi connectivity index (χ2n) is 9.48. The fourth-order valence-corrected chi connectivity index (χ4v) is 5.78. The van der Waals surface area contributed by atoms with Crippen LogP contribution < -0.4 is 4.74 Å². The molecule has 31 heavy (non-hydrogen) atoms. The third-order valence-corrected chi connectivity index (χ3v) is 7.78. The van der Waals surface area contributed by atoms with Crippen LogP contribution in [0.3, 0.4) is 0 Å². The van der Waals surface area contributed by atoms with Crippen molar-refractivity contribution in [3.8, 4) is 5.75 Å². The van der Waals surface area contributed by atoms with Gasteiger partial charge in [-0.3, -0.25) is 0 Å². The Labute approximate surface area is 189 Å². The van der Waals surface area contributed by atoms with Crippen molar-refractivity contribution in [3.63, 3.8) is 0 Å². The van der Waals surface area contributed by atoms with Crippen LogP contribution in [0.4, 0.5) is 13.2 Å². The molecule has 2 fully saturated rings. The maximum Gasteiger partial charge on any atom is 0.387 e. The summed E-state index contributed by atoms with van der Waals surface area (Å²) in [6, 6.07) is 3.10. The molecular formula is C25H36ClF3O2. The monoisotopic (exact) mass is 460 g/mol. The molecule has 0 spiro atoms. The molecular weight excluding hydrogens is 425 g/mol. The zero-order valence-corrected chi connectivity index (χ0v) is 19.3. The van der Waals surface area contributed by atoms with Crippen molar-refractivity contribution in [2.24, 2.45) is 17.8 Å². The van der Waals surface area contributed by atoms with E-state index < -0.39 is 12.4 Å². The van der Waals surface area contributed by atoms with Gasteiger partial charge in [-0.15, -0.1) is 0 Å². The number of benzene rings is 1. The van der Waals surface area contributed by atoms with Gasteiger partial charge in [0.2, 0.25) is 0 Å². The lowest BCUT2D eigenvalue weighted by Crippen LogP contribution is -2.18. The Morgan fingerprint density at radius 3 is 2.00 bits per heavy atom. The number of alkyl halides is 2. The van der Waals surface area contributed by atoms with Gasteiger partial charge in [-0.05, 0) is 68.3 Å². The first-order valence-corrected chi connectivity index (χ1v) is 12.3. The molecule has 176 valence electrons. The molecule has 3 rings (SSSR count). The molecule has 2 nitrogen and oxygen atoms in total. The summed E-state index contributed by atoms with van der Waals surface area (Å²) < 4.78 is 49.5. The molecule has 0 heterocycles. The van der Waals surface area contributed by atoms with Crippen LogP contribution in [0.15, 0.2) is 12.1 Å². The molecule has 0 aromatic heterocycles. The van der Waals surface area contributed by atoms with Crippen molar-refractivity contribution in [1.29, 1.82) is 0 Å². The predicted octanol–water partition coefficient (Wildman–Crippen LogP) is 8.37. The highest BCUT2D eigenvalue weighted by molar-refractivity contribution is 6.30. The van der Waals surface area contributed by atoms with Crippen LogP contribution >= 0.6 is 11.6 Å².